The smallest absolute Gasteiger partial charge is 0.133 e. The van der Waals surface area contributed by atoms with E-state index in [4.69, 9.17) is 0 Å². The molecule has 0 bridgehead atoms. The monoisotopic (exact) mass is 283 g/mol. The first-order valence-corrected chi connectivity index (χ1v) is 7.47. The quantitative estimate of drug-likeness (QED) is 0.848. The number of hydrogen-bond donors (Lipinski definition) is 0. The van der Waals surface area contributed by atoms with Crippen LogP contribution in [0.3, 0.4) is 0 Å². The van der Waals surface area contributed by atoms with Crippen LogP contribution in [-0.2, 0) is 0 Å². The summed E-state index contributed by atoms with van der Waals surface area (Å²) in [5.74, 6) is 2.37. The van der Waals surface area contributed by atoms with Gasteiger partial charge in [-0.3, -0.25) is 0 Å². The van der Waals surface area contributed by atoms with E-state index >= 15 is 0 Å². The number of hydrogen-bond acceptors (Lipinski definition) is 5. The Morgan fingerprint density at radius 1 is 1.00 bits per heavy atom. The SMILES string of the molecule is Cc1cc(N2CCC[C@H](c3nc(C)cc(C)n3)C2)ncn1. The third-order valence-electron chi connectivity index (χ3n) is 3.90. The van der Waals surface area contributed by atoms with Crippen molar-refractivity contribution in [3.63, 3.8) is 0 Å². The van der Waals surface area contributed by atoms with Crippen LogP contribution in [0.5, 0.6) is 0 Å². The van der Waals surface area contributed by atoms with Crippen LogP contribution in [0.15, 0.2) is 18.5 Å². The highest BCUT2D eigenvalue weighted by atomic mass is 15.2. The summed E-state index contributed by atoms with van der Waals surface area (Å²) in [7, 11) is 0. The van der Waals surface area contributed by atoms with Crippen molar-refractivity contribution in [1.29, 1.82) is 0 Å². The van der Waals surface area contributed by atoms with Gasteiger partial charge >= 0.3 is 0 Å². The Balaban J connectivity index is 1.82. The van der Waals surface area contributed by atoms with Gasteiger partial charge in [-0.2, -0.15) is 0 Å². The average molecular weight is 283 g/mol. The van der Waals surface area contributed by atoms with Gasteiger partial charge < -0.3 is 4.90 Å². The summed E-state index contributed by atoms with van der Waals surface area (Å²) in [5.41, 5.74) is 3.10. The summed E-state index contributed by atoms with van der Waals surface area (Å²) in [6, 6.07) is 4.07. The first-order valence-electron chi connectivity index (χ1n) is 7.47. The average Bonchev–Trinajstić information content (AvgIpc) is 2.46. The Kier molecular flexibility index (Phi) is 3.82. The van der Waals surface area contributed by atoms with Crippen molar-refractivity contribution in [3.05, 3.63) is 41.4 Å². The van der Waals surface area contributed by atoms with Crippen molar-refractivity contribution < 1.29 is 0 Å². The van der Waals surface area contributed by atoms with E-state index in [9.17, 15) is 0 Å². The number of aryl methyl sites for hydroxylation is 3. The van der Waals surface area contributed by atoms with E-state index < -0.39 is 0 Å². The van der Waals surface area contributed by atoms with Gasteiger partial charge in [-0.05, 0) is 39.7 Å². The highest BCUT2D eigenvalue weighted by Gasteiger charge is 2.24. The van der Waals surface area contributed by atoms with Gasteiger partial charge in [-0.15, -0.1) is 0 Å². The topological polar surface area (TPSA) is 54.8 Å². The number of aromatic nitrogens is 4. The highest BCUT2D eigenvalue weighted by Crippen LogP contribution is 2.27. The summed E-state index contributed by atoms with van der Waals surface area (Å²) in [5, 5.41) is 0. The van der Waals surface area contributed by atoms with Gasteiger partial charge in [0.15, 0.2) is 0 Å². The molecule has 0 spiro atoms. The van der Waals surface area contributed by atoms with Crippen LogP contribution in [0.25, 0.3) is 0 Å². The Bertz CT molecular complexity index is 620. The van der Waals surface area contributed by atoms with E-state index in [1.165, 1.54) is 0 Å². The minimum Gasteiger partial charge on any atom is -0.356 e. The molecule has 1 aliphatic heterocycles. The minimum absolute atomic E-state index is 0.382. The summed E-state index contributed by atoms with van der Waals surface area (Å²) in [4.78, 5) is 20.2. The van der Waals surface area contributed by atoms with Crippen molar-refractivity contribution in [2.24, 2.45) is 0 Å². The second-order valence-corrected chi connectivity index (χ2v) is 5.81. The molecule has 0 aliphatic carbocycles. The van der Waals surface area contributed by atoms with E-state index in [1.807, 2.05) is 32.9 Å². The highest BCUT2D eigenvalue weighted by molar-refractivity contribution is 5.40. The van der Waals surface area contributed by atoms with Gasteiger partial charge in [0, 0.05) is 42.2 Å². The van der Waals surface area contributed by atoms with Crippen molar-refractivity contribution >= 4 is 5.82 Å². The predicted molar refractivity (Wildman–Crippen MR) is 82.5 cm³/mol. The molecular formula is C16H21N5. The molecule has 5 nitrogen and oxygen atoms in total. The summed E-state index contributed by atoms with van der Waals surface area (Å²) < 4.78 is 0. The third-order valence-corrected chi connectivity index (χ3v) is 3.90. The number of rotatable bonds is 2. The Morgan fingerprint density at radius 2 is 1.76 bits per heavy atom. The zero-order valence-corrected chi connectivity index (χ0v) is 12.9. The van der Waals surface area contributed by atoms with Crippen LogP contribution < -0.4 is 4.90 Å². The fourth-order valence-corrected chi connectivity index (χ4v) is 2.95. The molecule has 0 N–H and O–H groups in total. The molecule has 3 heterocycles. The van der Waals surface area contributed by atoms with Crippen molar-refractivity contribution in [1.82, 2.24) is 19.9 Å². The van der Waals surface area contributed by atoms with Gasteiger partial charge in [0.2, 0.25) is 0 Å². The molecule has 0 saturated carbocycles. The summed E-state index contributed by atoms with van der Waals surface area (Å²) >= 11 is 0. The standard InChI is InChI=1S/C16H21N5/c1-11-8-15(18-10-17-11)21-6-4-5-14(9-21)16-19-12(2)7-13(3)20-16/h7-8,10,14H,4-6,9H2,1-3H3/t14-/m0/s1. The molecule has 0 aromatic carbocycles. The van der Waals surface area contributed by atoms with E-state index in [1.54, 1.807) is 6.33 Å². The molecule has 0 radical (unpaired) electrons. The zero-order chi connectivity index (χ0) is 14.8. The van der Waals surface area contributed by atoms with Gasteiger partial charge in [-0.25, -0.2) is 19.9 Å². The normalized spacial score (nSPS) is 18.8. The second kappa shape index (κ2) is 5.76. The van der Waals surface area contributed by atoms with Crippen molar-refractivity contribution in [2.45, 2.75) is 39.5 Å². The second-order valence-electron chi connectivity index (χ2n) is 5.81. The number of anilines is 1. The molecule has 1 fully saturated rings. The first-order chi connectivity index (χ1) is 10.1. The van der Waals surface area contributed by atoms with Gasteiger partial charge in [-0.1, -0.05) is 0 Å². The minimum atomic E-state index is 0.382. The van der Waals surface area contributed by atoms with E-state index in [0.29, 0.717) is 5.92 Å². The van der Waals surface area contributed by atoms with E-state index in [2.05, 4.69) is 24.8 Å². The Hall–Kier alpha value is -2.04. The molecular weight excluding hydrogens is 262 g/mol. The molecule has 0 unspecified atom stereocenters. The lowest BCUT2D eigenvalue weighted by molar-refractivity contribution is 0.486. The lowest BCUT2D eigenvalue weighted by Gasteiger charge is -2.33. The fraction of sp³-hybridized carbons (Fsp3) is 0.500. The Morgan fingerprint density at radius 3 is 2.48 bits per heavy atom. The van der Waals surface area contributed by atoms with Crippen molar-refractivity contribution in [3.8, 4) is 0 Å². The van der Waals surface area contributed by atoms with Crippen LogP contribution in [0.4, 0.5) is 5.82 Å². The van der Waals surface area contributed by atoms with Gasteiger partial charge in [0.1, 0.15) is 18.0 Å². The largest absolute Gasteiger partial charge is 0.356 e. The molecule has 110 valence electrons. The van der Waals surface area contributed by atoms with Crippen LogP contribution in [-0.4, -0.2) is 33.0 Å². The maximum absolute atomic E-state index is 4.63. The number of nitrogens with zero attached hydrogens (tertiary/aromatic N) is 5. The van der Waals surface area contributed by atoms with E-state index in [0.717, 1.165) is 54.7 Å². The molecule has 3 rings (SSSR count). The van der Waals surface area contributed by atoms with E-state index in [-0.39, 0.29) is 0 Å². The molecule has 1 atom stereocenters. The lowest BCUT2D eigenvalue weighted by atomic mass is 9.97. The summed E-state index contributed by atoms with van der Waals surface area (Å²) in [6.07, 6.45) is 3.93. The molecule has 0 amide bonds. The zero-order valence-electron chi connectivity index (χ0n) is 12.9. The molecule has 1 saturated heterocycles. The molecule has 2 aromatic heterocycles. The maximum atomic E-state index is 4.63. The third kappa shape index (κ3) is 3.17. The lowest BCUT2D eigenvalue weighted by Crippen LogP contribution is -2.35. The van der Waals surface area contributed by atoms with Crippen LogP contribution in [0.2, 0.25) is 0 Å². The molecule has 21 heavy (non-hydrogen) atoms. The fourth-order valence-electron chi connectivity index (χ4n) is 2.95. The summed E-state index contributed by atoms with van der Waals surface area (Å²) in [6.45, 7) is 8.04. The molecule has 2 aromatic rings. The Labute approximate surface area is 125 Å². The molecule has 5 heteroatoms. The first kappa shape index (κ1) is 13.9. The van der Waals surface area contributed by atoms with Gasteiger partial charge in [0.25, 0.3) is 0 Å². The number of piperidine rings is 1. The predicted octanol–water partition coefficient (Wildman–Crippen LogP) is 2.58. The van der Waals surface area contributed by atoms with Crippen LogP contribution >= 0.6 is 0 Å². The van der Waals surface area contributed by atoms with Crippen LogP contribution in [0, 0.1) is 20.8 Å². The van der Waals surface area contributed by atoms with Gasteiger partial charge in [0.05, 0.1) is 0 Å². The van der Waals surface area contributed by atoms with Crippen LogP contribution in [0.1, 0.15) is 41.7 Å². The maximum Gasteiger partial charge on any atom is 0.133 e. The molecule has 1 aliphatic rings. The van der Waals surface area contributed by atoms with Crippen molar-refractivity contribution in [2.75, 3.05) is 18.0 Å².